The van der Waals surface area contributed by atoms with Crippen molar-refractivity contribution in [2.45, 2.75) is 50.6 Å². The van der Waals surface area contributed by atoms with Gasteiger partial charge < -0.3 is 10.2 Å². The van der Waals surface area contributed by atoms with E-state index in [0.29, 0.717) is 17.3 Å². The van der Waals surface area contributed by atoms with Crippen molar-refractivity contribution in [3.05, 3.63) is 59.7 Å². The summed E-state index contributed by atoms with van der Waals surface area (Å²) >= 11 is 0. The maximum absolute atomic E-state index is 12.7. The number of rotatable bonds is 6. The van der Waals surface area contributed by atoms with Gasteiger partial charge in [-0.05, 0) is 63.9 Å². The number of benzene rings is 2. The molecule has 7 heteroatoms. The summed E-state index contributed by atoms with van der Waals surface area (Å²) in [6.45, 7) is 8.20. The number of hydrogen-bond acceptors (Lipinski definition) is 4. The second-order valence-electron chi connectivity index (χ2n) is 7.88. The summed E-state index contributed by atoms with van der Waals surface area (Å²) in [4.78, 5) is 15.1. The van der Waals surface area contributed by atoms with Crippen molar-refractivity contribution < 1.29 is 13.2 Å². The quantitative estimate of drug-likeness (QED) is 0.758. The van der Waals surface area contributed by atoms with Gasteiger partial charge in [0, 0.05) is 36.4 Å². The largest absolute Gasteiger partial charge is 0.349 e. The summed E-state index contributed by atoms with van der Waals surface area (Å²) < 4.78 is 28.0. The number of anilines is 1. The van der Waals surface area contributed by atoms with Gasteiger partial charge >= 0.3 is 0 Å². The fraction of sp³-hybridized carbons (Fsp3) is 0.409. The van der Waals surface area contributed by atoms with Crippen molar-refractivity contribution in [1.29, 1.82) is 0 Å². The number of carbonyl (C=O) groups is 1. The van der Waals surface area contributed by atoms with Crippen LogP contribution in [0.3, 0.4) is 0 Å². The van der Waals surface area contributed by atoms with Crippen molar-refractivity contribution in [1.82, 2.24) is 10.2 Å². The van der Waals surface area contributed by atoms with Crippen molar-refractivity contribution in [3.8, 4) is 0 Å². The Hall–Kier alpha value is -2.38. The molecule has 2 aromatic rings. The van der Waals surface area contributed by atoms with Gasteiger partial charge in [0.2, 0.25) is 0 Å². The van der Waals surface area contributed by atoms with E-state index in [1.807, 2.05) is 19.1 Å². The zero-order valence-electron chi connectivity index (χ0n) is 17.2. The minimum atomic E-state index is -3.77. The van der Waals surface area contributed by atoms with Crippen LogP contribution >= 0.6 is 0 Å². The lowest BCUT2D eigenvalue weighted by atomic mass is 10.0. The number of amides is 1. The standard InChI is InChI=1S/C22H29N3O3S/c1-16(2)25-13-11-19(12-14-25)23-22(26)18-5-4-6-21(15-18)29(27,28)24-20-9-7-17(3)8-10-20/h4-10,15-16,19,24H,11-14H2,1-3H3,(H,23,26). The first kappa shape index (κ1) is 21.3. The molecule has 0 atom stereocenters. The van der Waals surface area contributed by atoms with Crippen LogP contribution in [-0.4, -0.2) is 44.4 Å². The first-order valence-electron chi connectivity index (χ1n) is 9.99. The molecule has 1 fully saturated rings. The first-order valence-corrected chi connectivity index (χ1v) is 11.5. The molecule has 2 N–H and O–H groups in total. The number of nitrogens with zero attached hydrogens (tertiary/aromatic N) is 1. The van der Waals surface area contributed by atoms with Gasteiger partial charge in [0.15, 0.2) is 0 Å². The molecule has 0 aliphatic carbocycles. The Bertz CT molecular complexity index is 948. The zero-order valence-corrected chi connectivity index (χ0v) is 18.0. The number of piperidine rings is 1. The number of hydrogen-bond donors (Lipinski definition) is 2. The molecule has 1 aliphatic rings. The van der Waals surface area contributed by atoms with Gasteiger partial charge in [0.25, 0.3) is 15.9 Å². The SMILES string of the molecule is Cc1ccc(NS(=O)(=O)c2cccc(C(=O)NC3CCN(C(C)C)CC3)c2)cc1. The Morgan fingerprint density at radius 1 is 1.07 bits per heavy atom. The highest BCUT2D eigenvalue weighted by Gasteiger charge is 2.23. The Morgan fingerprint density at radius 3 is 2.34 bits per heavy atom. The molecule has 0 bridgehead atoms. The number of nitrogens with one attached hydrogen (secondary N) is 2. The molecule has 29 heavy (non-hydrogen) atoms. The van der Waals surface area contributed by atoms with E-state index in [1.165, 1.54) is 12.1 Å². The molecule has 1 amide bonds. The van der Waals surface area contributed by atoms with E-state index in [4.69, 9.17) is 0 Å². The molecule has 6 nitrogen and oxygen atoms in total. The molecule has 156 valence electrons. The number of aryl methyl sites for hydroxylation is 1. The number of likely N-dealkylation sites (tertiary alicyclic amines) is 1. The maximum atomic E-state index is 12.7. The third-order valence-corrected chi connectivity index (χ3v) is 6.68. The average Bonchev–Trinajstić information content (AvgIpc) is 2.70. The van der Waals surface area contributed by atoms with Crippen molar-refractivity contribution in [3.63, 3.8) is 0 Å². The molecule has 0 radical (unpaired) electrons. The summed E-state index contributed by atoms with van der Waals surface area (Å²) in [5.74, 6) is -0.236. The normalized spacial score (nSPS) is 16.0. The second kappa shape index (κ2) is 8.97. The first-order chi connectivity index (χ1) is 13.7. The van der Waals surface area contributed by atoms with Crippen LogP contribution in [0.2, 0.25) is 0 Å². The molecule has 0 aromatic heterocycles. The van der Waals surface area contributed by atoms with Crippen LogP contribution in [0.4, 0.5) is 5.69 Å². The van der Waals surface area contributed by atoms with E-state index in [0.717, 1.165) is 31.5 Å². The van der Waals surface area contributed by atoms with Crippen LogP contribution in [0.1, 0.15) is 42.6 Å². The lowest BCUT2D eigenvalue weighted by Gasteiger charge is -2.34. The van der Waals surface area contributed by atoms with Crippen LogP contribution in [0.5, 0.6) is 0 Å². The monoisotopic (exact) mass is 415 g/mol. The van der Waals surface area contributed by atoms with Crippen molar-refractivity contribution in [2.24, 2.45) is 0 Å². The number of carbonyl (C=O) groups excluding carboxylic acids is 1. The van der Waals surface area contributed by atoms with Gasteiger partial charge in [-0.2, -0.15) is 0 Å². The summed E-state index contributed by atoms with van der Waals surface area (Å²) in [5.41, 5.74) is 1.89. The van der Waals surface area contributed by atoms with Gasteiger partial charge in [-0.15, -0.1) is 0 Å². The summed E-state index contributed by atoms with van der Waals surface area (Å²) in [6.07, 6.45) is 1.80. The number of sulfonamides is 1. The summed E-state index contributed by atoms with van der Waals surface area (Å²) in [5, 5.41) is 3.05. The Balaban J connectivity index is 1.67. The van der Waals surface area contributed by atoms with Gasteiger partial charge in [0.1, 0.15) is 0 Å². The van der Waals surface area contributed by atoms with E-state index >= 15 is 0 Å². The van der Waals surface area contributed by atoms with E-state index in [1.54, 1.807) is 24.3 Å². The molecule has 0 unspecified atom stereocenters. The zero-order chi connectivity index (χ0) is 21.0. The fourth-order valence-electron chi connectivity index (χ4n) is 3.47. The molecule has 1 heterocycles. The Kier molecular flexibility index (Phi) is 6.59. The highest BCUT2D eigenvalue weighted by atomic mass is 32.2. The predicted molar refractivity (Wildman–Crippen MR) is 116 cm³/mol. The van der Waals surface area contributed by atoms with Crippen LogP contribution in [-0.2, 0) is 10.0 Å². The van der Waals surface area contributed by atoms with Gasteiger partial charge in [0.05, 0.1) is 4.90 Å². The highest BCUT2D eigenvalue weighted by molar-refractivity contribution is 7.92. The van der Waals surface area contributed by atoms with E-state index in [9.17, 15) is 13.2 Å². The van der Waals surface area contributed by atoms with E-state index in [-0.39, 0.29) is 16.8 Å². The third-order valence-electron chi connectivity index (χ3n) is 5.31. The average molecular weight is 416 g/mol. The van der Waals surface area contributed by atoms with E-state index < -0.39 is 10.0 Å². The van der Waals surface area contributed by atoms with Crippen LogP contribution in [0.25, 0.3) is 0 Å². The molecular formula is C22H29N3O3S. The summed E-state index contributed by atoms with van der Waals surface area (Å²) in [6, 6.07) is 13.9. The predicted octanol–water partition coefficient (Wildman–Crippen LogP) is 3.40. The lowest BCUT2D eigenvalue weighted by Crippen LogP contribution is -2.46. The van der Waals surface area contributed by atoms with Gasteiger partial charge in [-0.1, -0.05) is 23.8 Å². The van der Waals surface area contributed by atoms with Crippen LogP contribution in [0, 0.1) is 6.92 Å². The van der Waals surface area contributed by atoms with Gasteiger partial charge in [-0.25, -0.2) is 8.42 Å². The van der Waals surface area contributed by atoms with Gasteiger partial charge in [-0.3, -0.25) is 9.52 Å². The minimum Gasteiger partial charge on any atom is -0.349 e. The topological polar surface area (TPSA) is 78.5 Å². The minimum absolute atomic E-state index is 0.0698. The lowest BCUT2D eigenvalue weighted by molar-refractivity contribution is 0.0900. The second-order valence-corrected chi connectivity index (χ2v) is 9.56. The van der Waals surface area contributed by atoms with Crippen molar-refractivity contribution >= 4 is 21.6 Å². The molecule has 3 rings (SSSR count). The summed E-state index contributed by atoms with van der Waals surface area (Å²) in [7, 11) is -3.77. The molecular weight excluding hydrogens is 386 g/mol. The van der Waals surface area contributed by atoms with E-state index in [2.05, 4.69) is 28.8 Å². The highest BCUT2D eigenvalue weighted by Crippen LogP contribution is 2.19. The Labute approximate surface area is 173 Å². The molecule has 1 aliphatic heterocycles. The fourth-order valence-corrected chi connectivity index (χ4v) is 4.57. The Morgan fingerprint density at radius 2 is 1.72 bits per heavy atom. The molecule has 0 saturated carbocycles. The smallest absolute Gasteiger partial charge is 0.261 e. The molecule has 2 aromatic carbocycles. The third kappa shape index (κ3) is 5.58. The van der Waals surface area contributed by atoms with Crippen LogP contribution < -0.4 is 10.0 Å². The molecule has 0 spiro atoms. The molecule has 1 saturated heterocycles. The maximum Gasteiger partial charge on any atom is 0.261 e. The van der Waals surface area contributed by atoms with Crippen LogP contribution in [0.15, 0.2) is 53.4 Å². The van der Waals surface area contributed by atoms with Crippen molar-refractivity contribution in [2.75, 3.05) is 17.8 Å².